The molecule has 0 saturated heterocycles. The highest BCUT2D eigenvalue weighted by atomic mass is 16.4. The zero-order chi connectivity index (χ0) is 12.8. The number of carboxylic acids is 1. The third kappa shape index (κ3) is 3.86. The third-order valence-electron chi connectivity index (χ3n) is 2.58. The highest BCUT2D eigenvalue weighted by Gasteiger charge is 2.21. The molecule has 5 heteroatoms. The molecule has 0 aliphatic heterocycles. The smallest absolute Gasteiger partial charge is 0.303 e. The highest BCUT2D eigenvalue weighted by molar-refractivity contribution is 5.98. The van der Waals surface area contributed by atoms with Crippen LogP contribution in [0.15, 0.2) is 23.9 Å². The fraction of sp³-hybridized carbons (Fsp3) is 0.417. The molecule has 0 atom stereocenters. The molecule has 5 nitrogen and oxygen atoms in total. The van der Waals surface area contributed by atoms with Crippen LogP contribution in [0.2, 0.25) is 0 Å². The largest absolute Gasteiger partial charge is 0.481 e. The molecular weight excluding hydrogens is 222 g/mol. The van der Waals surface area contributed by atoms with Crippen molar-refractivity contribution in [2.45, 2.75) is 32.1 Å². The molecule has 0 unspecified atom stereocenters. The molecule has 1 rings (SSSR count). The Morgan fingerprint density at radius 1 is 1.41 bits per heavy atom. The first-order chi connectivity index (χ1) is 8.04. The van der Waals surface area contributed by atoms with Crippen LogP contribution in [0.4, 0.5) is 0 Å². The first kappa shape index (κ1) is 13.2. The first-order valence-corrected chi connectivity index (χ1v) is 5.45. The molecule has 0 spiro atoms. The van der Waals surface area contributed by atoms with Crippen molar-refractivity contribution in [3.05, 3.63) is 23.9 Å². The lowest BCUT2D eigenvalue weighted by Crippen LogP contribution is -2.26. The van der Waals surface area contributed by atoms with Crippen LogP contribution in [0.3, 0.4) is 0 Å². The summed E-state index contributed by atoms with van der Waals surface area (Å²) in [5, 5.41) is 11.2. The van der Waals surface area contributed by atoms with E-state index in [9.17, 15) is 14.4 Å². The summed E-state index contributed by atoms with van der Waals surface area (Å²) in [5.74, 6) is -1.40. The van der Waals surface area contributed by atoms with Gasteiger partial charge in [-0.2, -0.15) is 0 Å². The van der Waals surface area contributed by atoms with Crippen LogP contribution in [0.5, 0.6) is 0 Å². The van der Waals surface area contributed by atoms with E-state index in [2.05, 4.69) is 11.9 Å². The lowest BCUT2D eigenvalue weighted by molar-refractivity contribution is -0.136. The maximum atomic E-state index is 11.7. The molecule has 0 radical (unpaired) electrons. The minimum Gasteiger partial charge on any atom is -0.481 e. The monoisotopic (exact) mass is 237 g/mol. The average molecular weight is 237 g/mol. The Bertz CT molecular complexity index is 395. The zero-order valence-corrected chi connectivity index (χ0v) is 9.49. The number of carboxylic acid groups (broad SMARTS) is 1. The SMILES string of the molecule is C=CC(=O)NC1=C(CCC(=O)O)C(=O)CCC1. The maximum Gasteiger partial charge on any atom is 0.303 e. The minimum atomic E-state index is -0.953. The zero-order valence-electron chi connectivity index (χ0n) is 9.49. The number of nitrogens with one attached hydrogen (secondary N) is 1. The number of rotatable bonds is 5. The van der Waals surface area contributed by atoms with Crippen molar-refractivity contribution in [2.75, 3.05) is 0 Å². The van der Waals surface area contributed by atoms with Crippen molar-refractivity contribution in [2.24, 2.45) is 0 Å². The van der Waals surface area contributed by atoms with E-state index in [1.54, 1.807) is 0 Å². The fourth-order valence-electron chi connectivity index (χ4n) is 1.76. The molecule has 0 bridgehead atoms. The summed E-state index contributed by atoms with van der Waals surface area (Å²) >= 11 is 0. The second kappa shape index (κ2) is 5.98. The number of carbonyl (C=O) groups excluding carboxylic acids is 2. The van der Waals surface area contributed by atoms with Crippen molar-refractivity contribution in [1.29, 1.82) is 0 Å². The summed E-state index contributed by atoms with van der Waals surface area (Å²) in [6.07, 6.45) is 2.89. The second-order valence-corrected chi connectivity index (χ2v) is 3.82. The number of Topliss-reactive ketones (excluding diaryl/α,β-unsaturated/α-hetero) is 1. The molecule has 1 aliphatic rings. The van der Waals surface area contributed by atoms with Crippen molar-refractivity contribution in [3.8, 4) is 0 Å². The van der Waals surface area contributed by atoms with E-state index < -0.39 is 5.97 Å². The van der Waals surface area contributed by atoms with E-state index in [0.717, 1.165) is 6.08 Å². The van der Waals surface area contributed by atoms with Gasteiger partial charge in [0.2, 0.25) is 5.91 Å². The topological polar surface area (TPSA) is 83.5 Å². The van der Waals surface area contributed by atoms with Gasteiger partial charge in [-0.3, -0.25) is 14.4 Å². The Hall–Kier alpha value is -1.91. The predicted molar refractivity (Wildman–Crippen MR) is 61.1 cm³/mol. The van der Waals surface area contributed by atoms with E-state index in [0.29, 0.717) is 30.5 Å². The Labute approximate surface area is 99.2 Å². The van der Waals surface area contributed by atoms with Gasteiger partial charge in [-0.25, -0.2) is 0 Å². The van der Waals surface area contributed by atoms with Crippen LogP contribution < -0.4 is 5.32 Å². The maximum absolute atomic E-state index is 11.7. The van der Waals surface area contributed by atoms with Crippen molar-refractivity contribution < 1.29 is 19.5 Å². The number of amides is 1. The third-order valence-corrected chi connectivity index (χ3v) is 2.58. The van der Waals surface area contributed by atoms with Gasteiger partial charge in [0, 0.05) is 24.1 Å². The van der Waals surface area contributed by atoms with Gasteiger partial charge >= 0.3 is 5.97 Å². The van der Waals surface area contributed by atoms with Crippen LogP contribution in [-0.2, 0) is 14.4 Å². The van der Waals surface area contributed by atoms with E-state index in [1.807, 2.05) is 0 Å². The minimum absolute atomic E-state index is 0.0723. The van der Waals surface area contributed by atoms with Crippen LogP contribution in [0.1, 0.15) is 32.1 Å². The number of allylic oxidation sites excluding steroid dienone is 2. The molecule has 92 valence electrons. The quantitative estimate of drug-likeness (QED) is 0.703. The molecule has 17 heavy (non-hydrogen) atoms. The fourth-order valence-corrected chi connectivity index (χ4v) is 1.76. The van der Waals surface area contributed by atoms with Gasteiger partial charge in [0.25, 0.3) is 0 Å². The number of ketones is 1. The van der Waals surface area contributed by atoms with Crippen molar-refractivity contribution >= 4 is 17.7 Å². The number of carbonyl (C=O) groups is 3. The molecule has 2 N–H and O–H groups in total. The molecular formula is C12H15NO4. The van der Waals surface area contributed by atoms with Gasteiger partial charge in [-0.15, -0.1) is 0 Å². The van der Waals surface area contributed by atoms with Crippen LogP contribution >= 0.6 is 0 Å². The standard InChI is InChI=1S/C12H15NO4/c1-2-11(15)13-9-4-3-5-10(14)8(9)6-7-12(16)17/h2H,1,3-7H2,(H,13,15)(H,16,17). The van der Waals surface area contributed by atoms with E-state index >= 15 is 0 Å². The molecule has 0 aromatic rings. The van der Waals surface area contributed by atoms with Crippen molar-refractivity contribution in [1.82, 2.24) is 5.32 Å². The number of aliphatic carboxylic acids is 1. The van der Waals surface area contributed by atoms with Gasteiger partial charge < -0.3 is 10.4 Å². The van der Waals surface area contributed by atoms with Gasteiger partial charge in [0.15, 0.2) is 5.78 Å². The molecule has 1 amide bonds. The Morgan fingerprint density at radius 3 is 2.71 bits per heavy atom. The Balaban J connectivity index is 2.84. The Morgan fingerprint density at radius 2 is 2.12 bits per heavy atom. The number of hydrogen-bond acceptors (Lipinski definition) is 3. The normalized spacial score (nSPS) is 15.6. The van der Waals surface area contributed by atoms with E-state index in [1.165, 1.54) is 0 Å². The molecule has 0 aromatic carbocycles. The lowest BCUT2D eigenvalue weighted by atomic mass is 9.91. The van der Waals surface area contributed by atoms with Gasteiger partial charge in [0.05, 0.1) is 0 Å². The molecule has 0 saturated carbocycles. The van der Waals surface area contributed by atoms with Gasteiger partial charge in [-0.1, -0.05) is 6.58 Å². The molecule has 0 aromatic heterocycles. The number of hydrogen-bond donors (Lipinski definition) is 2. The second-order valence-electron chi connectivity index (χ2n) is 3.82. The summed E-state index contributed by atoms with van der Waals surface area (Å²) in [6, 6.07) is 0. The predicted octanol–water partition coefficient (Wildman–Crippen LogP) is 1.16. The van der Waals surface area contributed by atoms with Crippen molar-refractivity contribution in [3.63, 3.8) is 0 Å². The van der Waals surface area contributed by atoms with Crippen LogP contribution in [0, 0.1) is 0 Å². The Kier molecular flexibility index (Phi) is 4.63. The molecule has 1 aliphatic carbocycles. The first-order valence-electron chi connectivity index (χ1n) is 5.45. The van der Waals surface area contributed by atoms with Gasteiger partial charge in [-0.05, 0) is 25.3 Å². The van der Waals surface area contributed by atoms with E-state index in [4.69, 9.17) is 5.11 Å². The van der Waals surface area contributed by atoms with Gasteiger partial charge in [0.1, 0.15) is 0 Å². The summed E-state index contributed by atoms with van der Waals surface area (Å²) in [5.41, 5.74) is 0.987. The summed E-state index contributed by atoms with van der Waals surface area (Å²) < 4.78 is 0. The summed E-state index contributed by atoms with van der Waals surface area (Å²) in [7, 11) is 0. The highest BCUT2D eigenvalue weighted by Crippen LogP contribution is 2.23. The molecule has 0 heterocycles. The lowest BCUT2D eigenvalue weighted by Gasteiger charge is -2.19. The molecule has 0 fully saturated rings. The summed E-state index contributed by atoms with van der Waals surface area (Å²) in [6.45, 7) is 3.33. The van der Waals surface area contributed by atoms with E-state index in [-0.39, 0.29) is 24.5 Å². The average Bonchev–Trinajstić information content (AvgIpc) is 2.27. The van der Waals surface area contributed by atoms with Crippen LogP contribution in [0.25, 0.3) is 0 Å². The summed E-state index contributed by atoms with van der Waals surface area (Å²) in [4.78, 5) is 33.3. The van der Waals surface area contributed by atoms with Crippen LogP contribution in [-0.4, -0.2) is 22.8 Å².